The zero-order valence-electron chi connectivity index (χ0n) is 13.0. The number of methoxy groups -OCH3 is 1. The van der Waals surface area contributed by atoms with E-state index in [4.69, 9.17) is 4.74 Å². The van der Waals surface area contributed by atoms with E-state index in [0.717, 1.165) is 17.0 Å². The summed E-state index contributed by atoms with van der Waals surface area (Å²) in [6, 6.07) is 7.86. The Labute approximate surface area is 134 Å². The van der Waals surface area contributed by atoms with Crippen LogP contribution in [0.3, 0.4) is 0 Å². The number of hydrogen-bond acceptors (Lipinski definition) is 5. The van der Waals surface area contributed by atoms with Gasteiger partial charge in [0.15, 0.2) is 0 Å². The van der Waals surface area contributed by atoms with Gasteiger partial charge in [-0.2, -0.15) is 0 Å². The van der Waals surface area contributed by atoms with Crippen LogP contribution in [0.1, 0.15) is 11.3 Å². The van der Waals surface area contributed by atoms with Gasteiger partial charge in [-0.25, -0.2) is 0 Å². The van der Waals surface area contributed by atoms with E-state index in [9.17, 15) is 9.90 Å². The summed E-state index contributed by atoms with van der Waals surface area (Å²) >= 11 is 1.23. The van der Waals surface area contributed by atoms with E-state index in [1.165, 1.54) is 11.3 Å². The SMILES string of the molecule is COc1ccccc1CN(CCO)CCn1c(C)csc1=O. The quantitative estimate of drug-likeness (QED) is 0.804. The van der Waals surface area contributed by atoms with E-state index < -0.39 is 0 Å². The molecule has 1 aromatic carbocycles. The second-order valence-electron chi connectivity index (χ2n) is 5.11. The minimum Gasteiger partial charge on any atom is -0.496 e. The second kappa shape index (κ2) is 8.12. The van der Waals surface area contributed by atoms with E-state index in [2.05, 4.69) is 4.90 Å². The van der Waals surface area contributed by atoms with Gasteiger partial charge in [-0.05, 0) is 13.0 Å². The standard InChI is InChI=1S/C16H22N2O3S/c1-13-12-22-16(20)18(13)8-7-17(9-10-19)11-14-5-3-4-6-15(14)21-2/h3-6,12,19H,7-11H2,1-2H3. The molecule has 0 atom stereocenters. The number of aliphatic hydroxyl groups excluding tert-OH is 1. The molecule has 1 heterocycles. The van der Waals surface area contributed by atoms with Crippen molar-refractivity contribution < 1.29 is 9.84 Å². The summed E-state index contributed by atoms with van der Waals surface area (Å²) in [7, 11) is 1.66. The molecule has 0 spiro atoms. The molecule has 1 N–H and O–H groups in total. The molecule has 22 heavy (non-hydrogen) atoms. The zero-order chi connectivity index (χ0) is 15.9. The Kier molecular flexibility index (Phi) is 6.18. The van der Waals surface area contributed by atoms with Crippen molar-refractivity contribution in [3.8, 4) is 5.75 Å². The highest BCUT2D eigenvalue weighted by molar-refractivity contribution is 7.07. The molecule has 0 saturated carbocycles. The number of aliphatic hydroxyl groups is 1. The van der Waals surface area contributed by atoms with Gasteiger partial charge in [0.05, 0.1) is 13.7 Å². The maximum atomic E-state index is 11.8. The van der Waals surface area contributed by atoms with Gasteiger partial charge in [-0.3, -0.25) is 9.69 Å². The topological polar surface area (TPSA) is 54.7 Å². The van der Waals surface area contributed by atoms with E-state index in [-0.39, 0.29) is 11.5 Å². The second-order valence-corrected chi connectivity index (χ2v) is 5.93. The smallest absolute Gasteiger partial charge is 0.307 e. The third-order valence-corrected chi connectivity index (χ3v) is 4.50. The number of ether oxygens (including phenoxy) is 1. The number of para-hydroxylation sites is 1. The fraction of sp³-hybridized carbons (Fsp3) is 0.438. The summed E-state index contributed by atoms with van der Waals surface area (Å²) in [6.07, 6.45) is 0. The summed E-state index contributed by atoms with van der Waals surface area (Å²) in [5.74, 6) is 0.842. The molecule has 2 rings (SSSR count). The first-order chi connectivity index (χ1) is 10.7. The lowest BCUT2D eigenvalue weighted by atomic mass is 10.2. The lowest BCUT2D eigenvalue weighted by Crippen LogP contribution is -2.32. The molecule has 120 valence electrons. The fourth-order valence-electron chi connectivity index (χ4n) is 2.40. The maximum Gasteiger partial charge on any atom is 0.307 e. The first-order valence-corrected chi connectivity index (χ1v) is 8.13. The number of nitrogens with zero attached hydrogens (tertiary/aromatic N) is 2. The monoisotopic (exact) mass is 322 g/mol. The van der Waals surface area contributed by atoms with Crippen molar-refractivity contribution >= 4 is 11.3 Å². The summed E-state index contributed by atoms with van der Waals surface area (Å²) in [5, 5.41) is 11.1. The lowest BCUT2D eigenvalue weighted by Gasteiger charge is -2.22. The van der Waals surface area contributed by atoms with Gasteiger partial charge in [0.1, 0.15) is 5.75 Å². The predicted molar refractivity (Wildman–Crippen MR) is 88.7 cm³/mol. The van der Waals surface area contributed by atoms with Crippen molar-refractivity contribution in [2.75, 3.05) is 26.8 Å². The molecule has 5 nitrogen and oxygen atoms in total. The Morgan fingerprint density at radius 2 is 2.09 bits per heavy atom. The predicted octanol–water partition coefficient (Wildman–Crippen LogP) is 1.72. The van der Waals surface area contributed by atoms with E-state index >= 15 is 0 Å². The van der Waals surface area contributed by atoms with Gasteiger partial charge in [0, 0.05) is 42.8 Å². The molecule has 0 radical (unpaired) electrons. The Balaban J connectivity index is 2.05. The van der Waals surface area contributed by atoms with Crippen molar-refractivity contribution in [1.29, 1.82) is 0 Å². The van der Waals surface area contributed by atoms with Gasteiger partial charge in [-0.15, -0.1) is 0 Å². The molecule has 0 unspecified atom stereocenters. The van der Waals surface area contributed by atoms with Gasteiger partial charge in [0.2, 0.25) is 0 Å². The van der Waals surface area contributed by atoms with Crippen LogP contribution in [0, 0.1) is 6.92 Å². The molecule has 0 saturated heterocycles. The third-order valence-electron chi connectivity index (χ3n) is 3.62. The van der Waals surface area contributed by atoms with Crippen molar-refractivity contribution in [2.24, 2.45) is 0 Å². The molecule has 0 bridgehead atoms. The number of hydrogen-bond donors (Lipinski definition) is 1. The largest absolute Gasteiger partial charge is 0.496 e. The first-order valence-electron chi connectivity index (χ1n) is 7.25. The Morgan fingerprint density at radius 1 is 1.32 bits per heavy atom. The molecular formula is C16H22N2O3S. The molecule has 2 aromatic rings. The third kappa shape index (κ3) is 4.19. The van der Waals surface area contributed by atoms with Crippen molar-refractivity contribution in [2.45, 2.75) is 20.0 Å². The summed E-state index contributed by atoms with van der Waals surface area (Å²) in [5.41, 5.74) is 2.06. The van der Waals surface area contributed by atoms with Crippen LogP contribution in [0.5, 0.6) is 5.75 Å². The number of aryl methyl sites for hydroxylation is 1. The highest BCUT2D eigenvalue weighted by Gasteiger charge is 2.11. The number of thiazole rings is 1. The molecule has 0 aliphatic heterocycles. The maximum absolute atomic E-state index is 11.8. The van der Waals surface area contributed by atoms with Gasteiger partial charge < -0.3 is 14.4 Å². The first kappa shape index (κ1) is 16.7. The average molecular weight is 322 g/mol. The molecule has 1 aromatic heterocycles. The molecular weight excluding hydrogens is 300 g/mol. The van der Waals surface area contributed by atoms with Crippen LogP contribution in [-0.2, 0) is 13.1 Å². The average Bonchev–Trinajstić information content (AvgIpc) is 2.84. The Hall–Kier alpha value is -1.63. The zero-order valence-corrected chi connectivity index (χ0v) is 13.8. The molecule has 0 amide bonds. The van der Waals surface area contributed by atoms with Crippen LogP contribution in [0.15, 0.2) is 34.4 Å². The van der Waals surface area contributed by atoms with Gasteiger partial charge in [0.25, 0.3) is 0 Å². The van der Waals surface area contributed by atoms with E-state index in [1.807, 2.05) is 36.6 Å². The van der Waals surface area contributed by atoms with Gasteiger partial charge >= 0.3 is 4.87 Å². The van der Waals surface area contributed by atoms with Crippen molar-refractivity contribution in [1.82, 2.24) is 9.47 Å². The van der Waals surface area contributed by atoms with E-state index in [0.29, 0.717) is 26.2 Å². The normalized spacial score (nSPS) is 11.1. The van der Waals surface area contributed by atoms with E-state index in [1.54, 1.807) is 11.7 Å². The van der Waals surface area contributed by atoms with Crippen LogP contribution in [0.25, 0.3) is 0 Å². The van der Waals surface area contributed by atoms with Crippen molar-refractivity contribution in [3.63, 3.8) is 0 Å². The Bertz CT molecular complexity index is 651. The van der Waals surface area contributed by atoms with Crippen LogP contribution < -0.4 is 9.61 Å². The van der Waals surface area contributed by atoms with Gasteiger partial charge in [-0.1, -0.05) is 29.5 Å². The lowest BCUT2D eigenvalue weighted by molar-refractivity contribution is 0.183. The molecule has 0 fully saturated rings. The highest BCUT2D eigenvalue weighted by atomic mass is 32.1. The fourth-order valence-corrected chi connectivity index (χ4v) is 3.16. The minimum atomic E-state index is 0.0683. The van der Waals surface area contributed by atoms with Crippen LogP contribution in [0.2, 0.25) is 0 Å². The molecule has 0 aliphatic carbocycles. The number of benzene rings is 1. The van der Waals surface area contributed by atoms with Crippen LogP contribution >= 0.6 is 11.3 Å². The Morgan fingerprint density at radius 3 is 2.73 bits per heavy atom. The molecule has 6 heteroatoms. The highest BCUT2D eigenvalue weighted by Crippen LogP contribution is 2.19. The minimum absolute atomic E-state index is 0.0683. The van der Waals surface area contributed by atoms with Crippen molar-refractivity contribution in [3.05, 3.63) is 50.6 Å². The number of aromatic nitrogens is 1. The van der Waals surface area contributed by atoms with Crippen LogP contribution in [-0.4, -0.2) is 41.4 Å². The van der Waals surface area contributed by atoms with Crippen LogP contribution in [0.4, 0.5) is 0 Å². The summed E-state index contributed by atoms with van der Waals surface area (Å²) in [6.45, 7) is 4.61. The molecule has 0 aliphatic rings. The summed E-state index contributed by atoms with van der Waals surface area (Å²) in [4.78, 5) is 14.0. The summed E-state index contributed by atoms with van der Waals surface area (Å²) < 4.78 is 7.15. The number of rotatable bonds is 8.